The number of morpholine rings is 1. The van der Waals surface area contributed by atoms with Crippen LogP contribution >= 0.6 is 0 Å². The molecule has 3 atom stereocenters. The van der Waals surface area contributed by atoms with Crippen LogP contribution in [0.2, 0.25) is 0 Å². The van der Waals surface area contributed by atoms with Crippen molar-refractivity contribution in [3.05, 3.63) is 59.2 Å². The average molecular weight is 434 g/mol. The Hall–Kier alpha value is -2.42. The molecule has 162 valence electrons. The molecule has 1 aliphatic heterocycles. The van der Waals surface area contributed by atoms with Gasteiger partial charge in [0.15, 0.2) is 0 Å². The van der Waals surface area contributed by atoms with Crippen molar-refractivity contribution in [2.45, 2.75) is 57.4 Å². The van der Waals surface area contributed by atoms with Crippen molar-refractivity contribution in [1.29, 1.82) is 0 Å². The van der Waals surface area contributed by atoms with Gasteiger partial charge in [-0.05, 0) is 63.1 Å². The first kappa shape index (κ1) is 22.3. The topological polar surface area (TPSA) is 93.1 Å². The van der Waals surface area contributed by atoms with Gasteiger partial charge in [-0.2, -0.15) is 4.31 Å². The van der Waals surface area contributed by atoms with Crippen LogP contribution in [0, 0.1) is 13.8 Å². The van der Waals surface area contributed by atoms with Crippen molar-refractivity contribution in [2.24, 2.45) is 0 Å². The first-order valence-corrected chi connectivity index (χ1v) is 11.2. The number of sulfonamides is 1. The van der Waals surface area contributed by atoms with Crippen molar-refractivity contribution in [2.75, 3.05) is 6.54 Å². The molecule has 0 aromatic heterocycles. The van der Waals surface area contributed by atoms with E-state index in [4.69, 9.17) is 9.47 Å². The summed E-state index contributed by atoms with van der Waals surface area (Å²) in [4.78, 5) is 11.7. The first-order valence-electron chi connectivity index (χ1n) is 9.78. The van der Waals surface area contributed by atoms with Crippen LogP contribution in [0.15, 0.2) is 47.4 Å². The summed E-state index contributed by atoms with van der Waals surface area (Å²) in [5.74, 6) is -0.695. The summed E-state index contributed by atoms with van der Waals surface area (Å²) in [5, 5.41) is 9.53. The molecule has 0 saturated carbocycles. The predicted molar refractivity (Wildman–Crippen MR) is 112 cm³/mol. The Labute approximate surface area is 177 Å². The van der Waals surface area contributed by atoms with Crippen LogP contribution in [-0.4, -0.2) is 48.6 Å². The minimum atomic E-state index is -4.00. The maximum atomic E-state index is 13.1. The molecule has 1 saturated heterocycles. The van der Waals surface area contributed by atoms with Gasteiger partial charge in [-0.1, -0.05) is 23.8 Å². The minimum Gasteiger partial charge on any atom is -0.489 e. The highest BCUT2D eigenvalue weighted by Crippen LogP contribution is 2.27. The van der Waals surface area contributed by atoms with Gasteiger partial charge >= 0.3 is 5.97 Å². The maximum Gasteiger partial charge on any atom is 0.324 e. The van der Waals surface area contributed by atoms with Crippen LogP contribution in [0.3, 0.4) is 0 Å². The Bertz CT molecular complexity index is 1020. The average Bonchev–Trinajstić information content (AvgIpc) is 2.68. The molecule has 8 heteroatoms. The quantitative estimate of drug-likeness (QED) is 0.752. The van der Waals surface area contributed by atoms with Crippen molar-refractivity contribution in [3.8, 4) is 5.75 Å². The highest BCUT2D eigenvalue weighted by Gasteiger charge is 2.44. The monoisotopic (exact) mass is 433 g/mol. The lowest BCUT2D eigenvalue weighted by molar-refractivity contribution is -0.155. The fourth-order valence-corrected chi connectivity index (χ4v) is 5.33. The number of carbonyl (C=O) groups is 1. The molecular weight excluding hydrogens is 406 g/mol. The van der Waals surface area contributed by atoms with Gasteiger partial charge in [0.05, 0.1) is 17.1 Å². The van der Waals surface area contributed by atoms with E-state index in [2.05, 4.69) is 6.07 Å². The molecule has 0 bridgehead atoms. The molecule has 0 radical (unpaired) electrons. The summed E-state index contributed by atoms with van der Waals surface area (Å²) >= 11 is 0. The van der Waals surface area contributed by atoms with Crippen LogP contribution < -0.4 is 4.74 Å². The van der Waals surface area contributed by atoms with E-state index in [9.17, 15) is 18.3 Å². The smallest absolute Gasteiger partial charge is 0.324 e. The molecule has 0 amide bonds. The molecule has 0 aliphatic carbocycles. The van der Waals surface area contributed by atoms with Crippen LogP contribution in [0.4, 0.5) is 0 Å². The Morgan fingerprint density at radius 3 is 2.47 bits per heavy atom. The second kappa shape index (κ2) is 8.75. The van der Waals surface area contributed by atoms with Gasteiger partial charge in [0.2, 0.25) is 10.0 Å². The Morgan fingerprint density at radius 2 is 1.83 bits per heavy atom. The SMILES string of the molecule is Cc1ccc(C)c(COc2ccc(S(=O)(=O)N3C[C@H](C)O[C@@H](C)[C@@H]3C(=O)O)cc2)c1. The van der Waals surface area contributed by atoms with E-state index in [0.717, 1.165) is 21.0 Å². The third-order valence-electron chi connectivity index (χ3n) is 5.22. The third-order valence-corrected chi connectivity index (χ3v) is 7.08. The van der Waals surface area contributed by atoms with Gasteiger partial charge in [-0.15, -0.1) is 0 Å². The predicted octanol–water partition coefficient (Wildman–Crippen LogP) is 3.13. The normalized spacial score (nSPS) is 22.6. The molecule has 1 heterocycles. The van der Waals surface area contributed by atoms with Crippen LogP contribution in [-0.2, 0) is 26.2 Å². The molecular formula is C22H27NO6S. The number of aryl methyl sites for hydroxylation is 2. The zero-order valence-electron chi connectivity index (χ0n) is 17.5. The van der Waals surface area contributed by atoms with E-state index in [-0.39, 0.29) is 11.4 Å². The lowest BCUT2D eigenvalue weighted by Gasteiger charge is -2.39. The van der Waals surface area contributed by atoms with Crippen LogP contribution in [0.1, 0.15) is 30.5 Å². The maximum absolute atomic E-state index is 13.1. The van der Waals surface area contributed by atoms with E-state index >= 15 is 0 Å². The second-order valence-corrected chi connectivity index (χ2v) is 9.59. The number of nitrogens with zero attached hydrogens (tertiary/aromatic N) is 1. The molecule has 1 N–H and O–H groups in total. The largest absolute Gasteiger partial charge is 0.489 e. The summed E-state index contributed by atoms with van der Waals surface area (Å²) in [7, 11) is -4.00. The Kier molecular flexibility index (Phi) is 6.50. The number of aliphatic carboxylic acids is 1. The van der Waals surface area contributed by atoms with Gasteiger partial charge in [-0.3, -0.25) is 4.79 Å². The lowest BCUT2D eigenvalue weighted by Crippen LogP contribution is -2.58. The highest BCUT2D eigenvalue weighted by molar-refractivity contribution is 7.89. The van der Waals surface area contributed by atoms with Gasteiger partial charge in [-0.25, -0.2) is 8.42 Å². The third kappa shape index (κ3) is 4.66. The number of hydrogen-bond donors (Lipinski definition) is 1. The molecule has 1 aliphatic rings. The summed E-state index contributed by atoms with van der Waals surface area (Å²) < 4.78 is 38.6. The fraction of sp³-hybridized carbons (Fsp3) is 0.409. The molecule has 30 heavy (non-hydrogen) atoms. The van der Waals surface area contributed by atoms with Crippen molar-refractivity contribution in [3.63, 3.8) is 0 Å². The Morgan fingerprint density at radius 1 is 1.17 bits per heavy atom. The molecule has 0 unspecified atom stereocenters. The molecule has 2 aromatic rings. The van der Waals surface area contributed by atoms with Gasteiger partial charge in [0, 0.05) is 6.54 Å². The zero-order valence-corrected chi connectivity index (χ0v) is 18.3. The van der Waals surface area contributed by atoms with Crippen molar-refractivity contribution < 1.29 is 27.8 Å². The van der Waals surface area contributed by atoms with Crippen LogP contribution in [0.5, 0.6) is 5.75 Å². The van der Waals surface area contributed by atoms with Gasteiger partial charge in [0.25, 0.3) is 0 Å². The van der Waals surface area contributed by atoms with Crippen molar-refractivity contribution >= 4 is 16.0 Å². The molecule has 2 aromatic carbocycles. The number of hydrogen-bond acceptors (Lipinski definition) is 5. The van der Waals surface area contributed by atoms with E-state index in [1.165, 1.54) is 12.1 Å². The zero-order chi connectivity index (χ0) is 22.1. The number of carboxylic acid groups (broad SMARTS) is 1. The number of ether oxygens (including phenoxy) is 2. The van der Waals surface area contributed by atoms with Gasteiger partial charge < -0.3 is 14.6 Å². The number of rotatable bonds is 6. The first-order chi connectivity index (χ1) is 14.1. The van der Waals surface area contributed by atoms with Crippen LogP contribution in [0.25, 0.3) is 0 Å². The number of carboxylic acids is 1. The summed E-state index contributed by atoms with van der Waals surface area (Å²) in [6, 6.07) is 10.9. The highest BCUT2D eigenvalue weighted by atomic mass is 32.2. The number of benzene rings is 2. The standard InChI is InChI=1S/C22H27NO6S/c1-14-5-6-15(2)18(11-14)13-28-19-7-9-20(10-8-19)30(26,27)23-12-16(3)29-17(4)21(23)22(24)25/h5-11,16-17,21H,12-13H2,1-4H3,(H,24,25)/t16-,17-,21+/m0/s1. The van der Waals surface area contributed by atoms with E-state index in [0.29, 0.717) is 12.4 Å². The summed E-state index contributed by atoms with van der Waals surface area (Å²) in [6.07, 6.45) is -1.15. The van der Waals surface area contributed by atoms with E-state index < -0.39 is 34.2 Å². The molecule has 3 rings (SSSR count). The van der Waals surface area contributed by atoms with E-state index in [1.54, 1.807) is 26.0 Å². The van der Waals surface area contributed by atoms with E-state index in [1.807, 2.05) is 26.0 Å². The van der Waals surface area contributed by atoms with Gasteiger partial charge in [0.1, 0.15) is 18.4 Å². The molecule has 0 spiro atoms. The minimum absolute atomic E-state index is 0.0193. The molecule has 7 nitrogen and oxygen atoms in total. The molecule has 1 fully saturated rings. The second-order valence-electron chi connectivity index (χ2n) is 7.70. The fourth-order valence-electron chi connectivity index (χ4n) is 3.62. The summed E-state index contributed by atoms with van der Waals surface area (Å²) in [6.45, 7) is 7.67. The Balaban J connectivity index is 1.78. The van der Waals surface area contributed by atoms with Crippen molar-refractivity contribution in [1.82, 2.24) is 4.31 Å². The lowest BCUT2D eigenvalue weighted by atomic mass is 10.1. The summed E-state index contributed by atoms with van der Waals surface area (Å²) in [5.41, 5.74) is 3.32.